The Morgan fingerprint density at radius 2 is 1.33 bits per heavy atom. The van der Waals surface area contributed by atoms with Crippen LogP contribution in [-0.4, -0.2) is 30.0 Å². The van der Waals surface area contributed by atoms with Crippen LogP contribution in [0.2, 0.25) is 0 Å². The molecule has 0 aromatic carbocycles. The number of aromatic nitrogens is 6. The highest BCUT2D eigenvalue weighted by Gasteiger charge is 2.13. The van der Waals surface area contributed by atoms with Gasteiger partial charge < -0.3 is 0 Å². The van der Waals surface area contributed by atoms with Crippen LogP contribution in [-0.2, 0) is 25.9 Å². The maximum Gasteiger partial charge on any atom is 0.0832 e. The van der Waals surface area contributed by atoms with Crippen LogP contribution in [0.25, 0.3) is 0 Å². The van der Waals surface area contributed by atoms with Gasteiger partial charge >= 0.3 is 0 Å². The fourth-order valence-electron chi connectivity index (χ4n) is 2.18. The number of rotatable bonds is 4. The molecule has 0 spiro atoms. The lowest BCUT2D eigenvalue weighted by atomic mass is 9.91. The topological polar surface area (TPSA) is 61.4 Å². The first kappa shape index (κ1) is 20.3. The summed E-state index contributed by atoms with van der Waals surface area (Å²) in [6, 6.07) is 0. The summed E-state index contributed by atoms with van der Waals surface area (Å²) >= 11 is 0. The summed E-state index contributed by atoms with van der Waals surface area (Å²) in [5.41, 5.74) is 2.73. The average Bonchev–Trinajstić information content (AvgIpc) is 3.04. The highest BCUT2D eigenvalue weighted by atomic mass is 15.4. The van der Waals surface area contributed by atoms with Gasteiger partial charge in [-0.2, -0.15) is 0 Å². The predicted molar refractivity (Wildman–Crippen MR) is 97.7 cm³/mol. The minimum Gasteiger partial charge on any atom is -0.253 e. The molecule has 2 heterocycles. The highest BCUT2D eigenvalue weighted by Crippen LogP contribution is 2.18. The molecule has 2 aromatic rings. The van der Waals surface area contributed by atoms with E-state index in [1.54, 1.807) is 0 Å². The van der Waals surface area contributed by atoms with E-state index in [0.717, 1.165) is 37.3 Å². The zero-order valence-corrected chi connectivity index (χ0v) is 16.7. The van der Waals surface area contributed by atoms with Gasteiger partial charge in [-0.15, -0.1) is 10.2 Å². The second kappa shape index (κ2) is 8.40. The Morgan fingerprint density at radius 3 is 1.75 bits per heavy atom. The lowest BCUT2D eigenvalue weighted by Gasteiger charge is -2.16. The van der Waals surface area contributed by atoms with Crippen molar-refractivity contribution >= 4 is 0 Å². The second-order valence-electron chi connectivity index (χ2n) is 8.62. The van der Waals surface area contributed by atoms with Crippen molar-refractivity contribution in [2.24, 2.45) is 10.8 Å². The third-order valence-corrected chi connectivity index (χ3v) is 3.21. The Kier molecular flexibility index (Phi) is 7.11. The van der Waals surface area contributed by atoms with Crippen LogP contribution in [0.4, 0.5) is 0 Å². The standard InChI is InChI=1S/2C9H17N3/c1-5-12-7-8(10-11-12)6-9(2,3)4;1-5-8-6-12(11-10-8)7-9(2,3)4/h7H,5-6H2,1-4H3;6H,5,7H2,1-4H3. The van der Waals surface area contributed by atoms with Crippen molar-refractivity contribution in [2.75, 3.05) is 0 Å². The summed E-state index contributed by atoms with van der Waals surface area (Å²) in [5.74, 6) is 0. The lowest BCUT2D eigenvalue weighted by molar-refractivity contribution is 0.321. The van der Waals surface area contributed by atoms with Crippen molar-refractivity contribution < 1.29 is 0 Å². The van der Waals surface area contributed by atoms with Gasteiger partial charge in [0.15, 0.2) is 0 Å². The van der Waals surface area contributed by atoms with Gasteiger partial charge in [-0.05, 0) is 30.6 Å². The van der Waals surface area contributed by atoms with Crippen LogP contribution in [0.5, 0.6) is 0 Å². The number of hydrogen-bond acceptors (Lipinski definition) is 4. The first-order chi connectivity index (χ1) is 11.0. The van der Waals surface area contributed by atoms with Crippen molar-refractivity contribution in [3.8, 4) is 0 Å². The van der Waals surface area contributed by atoms with Crippen LogP contribution >= 0.6 is 0 Å². The molecule has 6 heteroatoms. The Bertz CT molecular complexity index is 543. The smallest absolute Gasteiger partial charge is 0.0832 e. The van der Waals surface area contributed by atoms with Gasteiger partial charge in [-0.1, -0.05) is 58.9 Å². The quantitative estimate of drug-likeness (QED) is 0.854. The van der Waals surface area contributed by atoms with E-state index in [0.29, 0.717) is 5.41 Å². The maximum atomic E-state index is 4.09. The fraction of sp³-hybridized carbons (Fsp3) is 0.778. The monoisotopic (exact) mass is 334 g/mol. The summed E-state index contributed by atoms with van der Waals surface area (Å²) in [4.78, 5) is 0. The lowest BCUT2D eigenvalue weighted by Crippen LogP contribution is -2.15. The predicted octanol–water partition coefficient (Wildman–Crippen LogP) is 3.77. The van der Waals surface area contributed by atoms with E-state index in [4.69, 9.17) is 0 Å². The molecule has 0 aliphatic rings. The fourth-order valence-corrected chi connectivity index (χ4v) is 2.18. The molecule has 0 aliphatic heterocycles. The molecule has 2 aromatic heterocycles. The van der Waals surface area contributed by atoms with Crippen LogP contribution in [0, 0.1) is 10.8 Å². The Balaban J connectivity index is 0.000000240. The van der Waals surface area contributed by atoms with Crippen LogP contribution < -0.4 is 0 Å². The molecule has 0 N–H and O–H groups in total. The summed E-state index contributed by atoms with van der Waals surface area (Å²) < 4.78 is 3.78. The van der Waals surface area contributed by atoms with E-state index in [1.807, 2.05) is 21.8 Å². The molecular formula is C18H34N6. The summed E-state index contributed by atoms with van der Waals surface area (Å²) in [5, 5.41) is 16.1. The van der Waals surface area contributed by atoms with Crippen LogP contribution in [0.3, 0.4) is 0 Å². The summed E-state index contributed by atoms with van der Waals surface area (Å²) in [6.07, 6.45) is 5.99. The van der Waals surface area contributed by atoms with E-state index < -0.39 is 0 Å². The molecule has 0 saturated heterocycles. The van der Waals surface area contributed by atoms with E-state index in [-0.39, 0.29) is 5.41 Å². The maximum absolute atomic E-state index is 4.09. The Morgan fingerprint density at radius 1 is 0.792 bits per heavy atom. The third-order valence-electron chi connectivity index (χ3n) is 3.21. The summed E-state index contributed by atoms with van der Waals surface area (Å²) in [7, 11) is 0. The van der Waals surface area contributed by atoms with Gasteiger partial charge in [0.05, 0.1) is 11.4 Å². The van der Waals surface area contributed by atoms with Crippen LogP contribution in [0.1, 0.15) is 66.8 Å². The molecule has 136 valence electrons. The zero-order valence-electron chi connectivity index (χ0n) is 16.7. The van der Waals surface area contributed by atoms with Gasteiger partial charge in [-0.25, -0.2) is 0 Å². The molecular weight excluding hydrogens is 300 g/mol. The Labute approximate surface area is 146 Å². The van der Waals surface area contributed by atoms with Crippen molar-refractivity contribution in [3.63, 3.8) is 0 Å². The molecule has 0 bridgehead atoms. The van der Waals surface area contributed by atoms with Crippen LogP contribution in [0.15, 0.2) is 12.4 Å². The molecule has 0 fully saturated rings. The van der Waals surface area contributed by atoms with Gasteiger partial charge in [0.25, 0.3) is 0 Å². The SMILES string of the molecule is CCc1cn(CC(C)(C)C)nn1.CCn1cc(CC(C)(C)C)nn1. The molecule has 0 amide bonds. The van der Waals surface area contributed by atoms with Crippen molar-refractivity contribution in [1.82, 2.24) is 30.0 Å². The van der Waals surface area contributed by atoms with Crippen molar-refractivity contribution in [2.45, 2.75) is 81.3 Å². The second-order valence-corrected chi connectivity index (χ2v) is 8.62. The third kappa shape index (κ3) is 8.22. The molecule has 0 radical (unpaired) electrons. The molecule has 2 rings (SSSR count). The number of nitrogens with zero attached hydrogens (tertiary/aromatic N) is 6. The minimum absolute atomic E-state index is 0.276. The molecule has 0 atom stereocenters. The van der Waals surface area contributed by atoms with Gasteiger partial charge in [0, 0.05) is 25.5 Å². The molecule has 0 unspecified atom stereocenters. The average molecular weight is 335 g/mol. The van der Waals surface area contributed by atoms with E-state index in [9.17, 15) is 0 Å². The van der Waals surface area contributed by atoms with E-state index in [2.05, 4.69) is 76.0 Å². The molecule has 6 nitrogen and oxygen atoms in total. The first-order valence-electron chi connectivity index (χ1n) is 8.80. The van der Waals surface area contributed by atoms with Gasteiger partial charge in [0.2, 0.25) is 0 Å². The Hall–Kier alpha value is -1.72. The minimum atomic E-state index is 0.276. The normalized spacial score (nSPS) is 12.0. The van der Waals surface area contributed by atoms with E-state index >= 15 is 0 Å². The molecule has 24 heavy (non-hydrogen) atoms. The van der Waals surface area contributed by atoms with Gasteiger partial charge in [-0.3, -0.25) is 9.36 Å². The summed E-state index contributed by atoms with van der Waals surface area (Å²) in [6.45, 7) is 19.2. The van der Waals surface area contributed by atoms with Crippen molar-refractivity contribution in [3.05, 3.63) is 23.8 Å². The molecule has 0 saturated carbocycles. The highest BCUT2D eigenvalue weighted by molar-refractivity contribution is 4.95. The number of hydrogen-bond donors (Lipinski definition) is 0. The van der Waals surface area contributed by atoms with Gasteiger partial charge in [0.1, 0.15) is 0 Å². The zero-order chi connectivity index (χ0) is 18.4. The molecule has 0 aliphatic carbocycles. The number of aryl methyl sites for hydroxylation is 2. The first-order valence-corrected chi connectivity index (χ1v) is 8.80. The van der Waals surface area contributed by atoms with E-state index in [1.165, 1.54) is 0 Å². The largest absolute Gasteiger partial charge is 0.253 e. The van der Waals surface area contributed by atoms with Crippen molar-refractivity contribution in [1.29, 1.82) is 0 Å².